The Bertz CT molecular complexity index is 294. The third-order valence-corrected chi connectivity index (χ3v) is 3.22. The monoisotopic (exact) mass is 192 g/mol. The van der Waals surface area contributed by atoms with E-state index in [1.165, 1.54) is 18.6 Å². The van der Waals surface area contributed by atoms with Crippen LogP contribution in [-0.2, 0) is 4.74 Å². The number of allylic oxidation sites excluding steroid dienone is 4. The van der Waals surface area contributed by atoms with E-state index in [1.807, 2.05) is 0 Å². The summed E-state index contributed by atoms with van der Waals surface area (Å²) in [6, 6.07) is 0. The Morgan fingerprint density at radius 1 is 1.36 bits per heavy atom. The predicted octanol–water partition coefficient (Wildman–Crippen LogP) is 3.67. The zero-order valence-electron chi connectivity index (χ0n) is 9.63. The van der Waals surface area contributed by atoms with Crippen molar-refractivity contribution >= 4 is 0 Å². The first-order chi connectivity index (χ1) is 6.48. The second-order valence-electron chi connectivity index (χ2n) is 5.43. The molecule has 0 radical (unpaired) electrons. The van der Waals surface area contributed by atoms with E-state index in [0.717, 1.165) is 0 Å². The minimum atomic E-state index is 0.0524. The highest BCUT2D eigenvalue weighted by atomic mass is 16.5. The van der Waals surface area contributed by atoms with E-state index in [2.05, 4.69) is 39.8 Å². The second-order valence-corrected chi connectivity index (χ2v) is 5.43. The summed E-state index contributed by atoms with van der Waals surface area (Å²) in [7, 11) is 0. The lowest BCUT2D eigenvalue weighted by atomic mass is 9.84. The molecule has 0 aromatic heterocycles. The molecule has 14 heavy (non-hydrogen) atoms. The van der Waals surface area contributed by atoms with Crippen molar-refractivity contribution < 1.29 is 4.74 Å². The predicted molar refractivity (Wildman–Crippen MR) is 58.9 cm³/mol. The van der Waals surface area contributed by atoms with Crippen molar-refractivity contribution in [2.45, 2.75) is 46.1 Å². The molecule has 1 saturated heterocycles. The molecule has 0 aromatic rings. The van der Waals surface area contributed by atoms with E-state index in [4.69, 9.17) is 4.74 Å². The fraction of sp³-hybridized carbons (Fsp3) is 0.692. The summed E-state index contributed by atoms with van der Waals surface area (Å²) in [6.45, 7) is 8.90. The van der Waals surface area contributed by atoms with Crippen LogP contribution in [-0.4, -0.2) is 5.60 Å². The zero-order chi connectivity index (χ0) is 10.3. The van der Waals surface area contributed by atoms with Gasteiger partial charge in [0.2, 0.25) is 0 Å². The van der Waals surface area contributed by atoms with Gasteiger partial charge in [0.1, 0.15) is 11.4 Å². The molecule has 0 bridgehead atoms. The molecule has 2 rings (SSSR count). The van der Waals surface area contributed by atoms with Crippen molar-refractivity contribution in [2.24, 2.45) is 11.8 Å². The molecule has 0 N–H and O–H groups in total. The van der Waals surface area contributed by atoms with Gasteiger partial charge >= 0.3 is 0 Å². The van der Waals surface area contributed by atoms with Crippen LogP contribution in [0, 0.1) is 11.8 Å². The van der Waals surface area contributed by atoms with Gasteiger partial charge in [-0.3, -0.25) is 0 Å². The van der Waals surface area contributed by atoms with Crippen molar-refractivity contribution in [1.82, 2.24) is 0 Å². The Hall–Kier alpha value is -0.720. The van der Waals surface area contributed by atoms with Crippen LogP contribution in [0.2, 0.25) is 0 Å². The number of fused-ring (bicyclic) bond motifs is 1. The Balaban J connectivity index is 2.15. The molecule has 0 saturated carbocycles. The number of hydrogen-bond acceptors (Lipinski definition) is 1. The first-order valence-electron chi connectivity index (χ1n) is 5.57. The van der Waals surface area contributed by atoms with Crippen LogP contribution in [0.3, 0.4) is 0 Å². The topological polar surface area (TPSA) is 9.23 Å². The van der Waals surface area contributed by atoms with Gasteiger partial charge in [0, 0.05) is 5.92 Å². The van der Waals surface area contributed by atoms with Crippen LogP contribution < -0.4 is 0 Å². The van der Waals surface area contributed by atoms with Gasteiger partial charge in [-0.2, -0.15) is 0 Å². The number of rotatable bonds is 1. The second kappa shape index (κ2) is 3.15. The van der Waals surface area contributed by atoms with Crippen LogP contribution in [0.4, 0.5) is 0 Å². The maximum absolute atomic E-state index is 5.90. The Morgan fingerprint density at radius 3 is 2.71 bits per heavy atom. The highest BCUT2D eigenvalue weighted by Gasteiger charge is 2.38. The maximum Gasteiger partial charge on any atom is 0.104 e. The molecule has 1 nitrogen and oxygen atoms in total. The lowest BCUT2D eigenvalue weighted by molar-refractivity contribution is 0.0766. The maximum atomic E-state index is 5.90. The molecule has 0 spiro atoms. The van der Waals surface area contributed by atoms with Crippen LogP contribution in [0.25, 0.3) is 0 Å². The third kappa shape index (κ3) is 1.73. The van der Waals surface area contributed by atoms with Crippen molar-refractivity contribution in [3.05, 3.63) is 23.5 Å². The van der Waals surface area contributed by atoms with Gasteiger partial charge in [-0.05, 0) is 38.7 Å². The average Bonchev–Trinajstić information content (AvgIpc) is 2.36. The largest absolute Gasteiger partial charge is 0.492 e. The first kappa shape index (κ1) is 9.82. The van der Waals surface area contributed by atoms with Gasteiger partial charge in [0.05, 0.1) is 0 Å². The third-order valence-electron chi connectivity index (χ3n) is 3.22. The smallest absolute Gasteiger partial charge is 0.104 e. The summed E-state index contributed by atoms with van der Waals surface area (Å²) in [5.74, 6) is 2.53. The quantitative estimate of drug-likeness (QED) is 0.616. The molecular weight excluding hydrogens is 172 g/mol. The fourth-order valence-electron chi connectivity index (χ4n) is 2.45. The van der Waals surface area contributed by atoms with Crippen LogP contribution in [0.15, 0.2) is 23.5 Å². The molecule has 1 aliphatic carbocycles. The summed E-state index contributed by atoms with van der Waals surface area (Å²) in [5.41, 5.74) is 1.62. The molecule has 0 amide bonds. The standard InChI is InChI=1S/C13H20O/c1-9(2)10-5-6-12-11(7-10)8-13(3,4)14-12/h5-6,9,11H,7-8H2,1-4H3/t11-/m0/s1. The highest BCUT2D eigenvalue weighted by Crippen LogP contribution is 2.43. The number of hydrogen-bond donors (Lipinski definition) is 0. The summed E-state index contributed by atoms with van der Waals surface area (Å²) in [6.07, 6.45) is 6.80. The molecule has 1 heterocycles. The molecule has 0 unspecified atom stereocenters. The van der Waals surface area contributed by atoms with E-state index in [9.17, 15) is 0 Å². The summed E-state index contributed by atoms with van der Waals surface area (Å²) < 4.78 is 5.90. The van der Waals surface area contributed by atoms with Crippen molar-refractivity contribution in [3.8, 4) is 0 Å². The Kier molecular flexibility index (Phi) is 2.21. The highest BCUT2D eigenvalue weighted by molar-refractivity contribution is 5.27. The summed E-state index contributed by atoms with van der Waals surface area (Å²) in [5, 5.41) is 0. The SMILES string of the molecule is CC(C)C1=CC=C2OC(C)(C)C[C@@H]2C1. The van der Waals surface area contributed by atoms with Crippen LogP contribution in [0.5, 0.6) is 0 Å². The molecule has 1 aliphatic heterocycles. The normalized spacial score (nSPS) is 29.4. The lowest BCUT2D eigenvalue weighted by Gasteiger charge is -2.19. The average molecular weight is 192 g/mol. The van der Waals surface area contributed by atoms with Crippen molar-refractivity contribution in [2.75, 3.05) is 0 Å². The zero-order valence-corrected chi connectivity index (χ0v) is 9.63. The van der Waals surface area contributed by atoms with E-state index >= 15 is 0 Å². The van der Waals surface area contributed by atoms with E-state index in [-0.39, 0.29) is 5.60 Å². The van der Waals surface area contributed by atoms with Crippen molar-refractivity contribution in [1.29, 1.82) is 0 Å². The minimum Gasteiger partial charge on any atom is -0.492 e. The van der Waals surface area contributed by atoms with Gasteiger partial charge in [-0.15, -0.1) is 0 Å². The van der Waals surface area contributed by atoms with Gasteiger partial charge in [0.15, 0.2) is 0 Å². The molecule has 0 aromatic carbocycles. The van der Waals surface area contributed by atoms with Gasteiger partial charge in [-0.1, -0.05) is 25.5 Å². The minimum absolute atomic E-state index is 0.0524. The molecule has 1 fully saturated rings. The van der Waals surface area contributed by atoms with Crippen LogP contribution >= 0.6 is 0 Å². The Labute approximate surface area is 86.8 Å². The fourth-order valence-corrected chi connectivity index (χ4v) is 2.45. The summed E-state index contributed by atoms with van der Waals surface area (Å²) >= 11 is 0. The van der Waals surface area contributed by atoms with Gasteiger partial charge in [-0.25, -0.2) is 0 Å². The number of ether oxygens (including phenoxy) is 1. The lowest BCUT2D eigenvalue weighted by Crippen LogP contribution is -2.16. The molecule has 1 atom stereocenters. The Morgan fingerprint density at radius 2 is 2.07 bits per heavy atom. The van der Waals surface area contributed by atoms with E-state index in [0.29, 0.717) is 11.8 Å². The van der Waals surface area contributed by atoms with E-state index in [1.54, 1.807) is 5.57 Å². The molecule has 1 heteroatoms. The first-order valence-corrected chi connectivity index (χ1v) is 5.57. The molecule has 78 valence electrons. The van der Waals surface area contributed by atoms with E-state index < -0.39 is 0 Å². The van der Waals surface area contributed by atoms with Gasteiger partial charge in [0.25, 0.3) is 0 Å². The molecule has 2 aliphatic rings. The summed E-state index contributed by atoms with van der Waals surface area (Å²) in [4.78, 5) is 0. The molecular formula is C13H20O. The van der Waals surface area contributed by atoms with Gasteiger partial charge < -0.3 is 4.74 Å². The van der Waals surface area contributed by atoms with Crippen molar-refractivity contribution in [3.63, 3.8) is 0 Å². The van der Waals surface area contributed by atoms with Crippen LogP contribution in [0.1, 0.15) is 40.5 Å².